The Hall–Kier alpha value is -3.10. The smallest absolute Gasteiger partial charge is 0.408 e. The minimum absolute atomic E-state index is 0.0702. The number of nitrogens with one attached hydrogen (secondary N) is 3. The van der Waals surface area contributed by atoms with Gasteiger partial charge in [0.05, 0.1) is 0 Å². The maximum atomic E-state index is 12.9. The highest BCUT2D eigenvalue weighted by molar-refractivity contribution is 5.92. The molecule has 2 atom stereocenters. The van der Waals surface area contributed by atoms with E-state index in [1.54, 1.807) is 48.5 Å². The fraction of sp³-hybridized carbons (Fsp3) is 0.583. The van der Waals surface area contributed by atoms with E-state index in [2.05, 4.69) is 16.0 Å². The number of benzene rings is 1. The monoisotopic (exact) mass is 463 g/mol. The number of esters is 1. The third-order valence-corrected chi connectivity index (χ3v) is 4.51. The Morgan fingerprint density at radius 1 is 0.848 bits per heavy atom. The zero-order chi connectivity index (χ0) is 25.2. The van der Waals surface area contributed by atoms with E-state index in [-0.39, 0.29) is 25.0 Å². The van der Waals surface area contributed by atoms with Crippen molar-refractivity contribution in [2.45, 2.75) is 72.8 Å². The van der Waals surface area contributed by atoms with Gasteiger partial charge in [0.1, 0.15) is 30.8 Å². The van der Waals surface area contributed by atoms with Crippen LogP contribution in [0, 0.1) is 11.8 Å². The van der Waals surface area contributed by atoms with E-state index < -0.39 is 41.6 Å². The molecule has 9 nitrogen and oxygen atoms in total. The van der Waals surface area contributed by atoms with E-state index in [4.69, 9.17) is 9.47 Å². The molecule has 0 aliphatic heterocycles. The summed E-state index contributed by atoms with van der Waals surface area (Å²) >= 11 is 0. The molecule has 0 aromatic heterocycles. The largest absolute Gasteiger partial charge is 0.459 e. The van der Waals surface area contributed by atoms with E-state index in [0.717, 1.165) is 5.56 Å². The zero-order valence-electron chi connectivity index (χ0n) is 20.6. The molecule has 0 aliphatic rings. The van der Waals surface area contributed by atoms with Gasteiger partial charge in [-0.3, -0.25) is 14.4 Å². The van der Waals surface area contributed by atoms with Crippen molar-refractivity contribution in [1.82, 2.24) is 16.0 Å². The summed E-state index contributed by atoms with van der Waals surface area (Å²) in [6.45, 7) is 12.0. The van der Waals surface area contributed by atoms with E-state index >= 15 is 0 Å². The minimum atomic E-state index is -0.909. The lowest BCUT2D eigenvalue weighted by atomic mass is 10.00. The number of ether oxygens (including phenoxy) is 2. The Bertz CT molecular complexity index is 802. The summed E-state index contributed by atoms with van der Waals surface area (Å²) in [6, 6.07) is 7.36. The highest BCUT2D eigenvalue weighted by atomic mass is 16.6. The second-order valence-electron chi connectivity index (χ2n) is 9.46. The molecule has 1 aromatic rings. The Morgan fingerprint density at radius 2 is 1.39 bits per heavy atom. The lowest BCUT2D eigenvalue weighted by molar-refractivity contribution is -0.154. The maximum absolute atomic E-state index is 12.9. The third kappa shape index (κ3) is 10.9. The first-order valence-corrected chi connectivity index (χ1v) is 11.1. The van der Waals surface area contributed by atoms with Crippen LogP contribution in [-0.4, -0.2) is 48.1 Å². The van der Waals surface area contributed by atoms with Gasteiger partial charge < -0.3 is 25.4 Å². The second-order valence-corrected chi connectivity index (χ2v) is 9.46. The van der Waals surface area contributed by atoms with Crippen LogP contribution in [0.25, 0.3) is 0 Å². The summed E-state index contributed by atoms with van der Waals surface area (Å²) in [5, 5.41) is 7.74. The Balaban J connectivity index is 2.69. The summed E-state index contributed by atoms with van der Waals surface area (Å²) in [7, 11) is 0. The molecule has 0 unspecified atom stereocenters. The molecular weight excluding hydrogens is 426 g/mol. The molecule has 33 heavy (non-hydrogen) atoms. The summed E-state index contributed by atoms with van der Waals surface area (Å²) < 4.78 is 10.4. The molecule has 3 amide bonds. The van der Waals surface area contributed by atoms with E-state index in [1.807, 2.05) is 30.3 Å². The number of amides is 3. The van der Waals surface area contributed by atoms with Crippen LogP contribution in [0.3, 0.4) is 0 Å². The van der Waals surface area contributed by atoms with E-state index in [0.29, 0.717) is 0 Å². The first kappa shape index (κ1) is 27.9. The number of alkyl carbamates (subject to hydrolysis) is 1. The lowest BCUT2D eigenvalue weighted by Gasteiger charge is -2.27. The normalized spacial score (nSPS) is 13.1. The lowest BCUT2D eigenvalue weighted by Crippen LogP contribution is -2.57. The maximum Gasteiger partial charge on any atom is 0.408 e. The standard InChI is InChI=1S/C24H37N3O6/c1-15(2)19(21(29)25-13-18(28)33-24(5,6)7)26-22(30)20(16(3)4)27-23(31)32-14-17-11-9-8-10-12-17/h8-12,15-16,19-20H,13-14H2,1-7H3,(H,25,29)(H,26,30)(H,27,31)/t19-,20-/m0/s1. The predicted molar refractivity (Wildman–Crippen MR) is 124 cm³/mol. The number of hydrogen-bond acceptors (Lipinski definition) is 6. The molecule has 0 heterocycles. The number of carbonyl (C=O) groups is 4. The van der Waals surface area contributed by atoms with Crippen molar-refractivity contribution >= 4 is 23.9 Å². The number of carbonyl (C=O) groups excluding carboxylic acids is 4. The number of hydrogen-bond donors (Lipinski definition) is 3. The Labute approximate surface area is 196 Å². The van der Waals surface area contributed by atoms with Gasteiger partial charge in [0.15, 0.2) is 0 Å². The van der Waals surface area contributed by atoms with Crippen LogP contribution in [0.1, 0.15) is 54.0 Å². The SMILES string of the molecule is CC(C)[C@H](NC(=O)OCc1ccccc1)C(=O)N[C@H](C(=O)NCC(=O)OC(C)(C)C)C(C)C. The first-order chi connectivity index (χ1) is 15.3. The highest BCUT2D eigenvalue weighted by Crippen LogP contribution is 2.09. The summed E-state index contributed by atoms with van der Waals surface area (Å²) in [5.74, 6) is -2.13. The quantitative estimate of drug-likeness (QED) is 0.458. The fourth-order valence-corrected chi connectivity index (χ4v) is 2.85. The molecule has 0 spiro atoms. The van der Waals surface area contributed by atoms with Crippen molar-refractivity contribution < 1.29 is 28.7 Å². The van der Waals surface area contributed by atoms with E-state index in [1.165, 1.54) is 0 Å². The molecule has 1 aromatic carbocycles. The van der Waals surface area contributed by atoms with Gasteiger partial charge in [0, 0.05) is 0 Å². The molecule has 0 saturated heterocycles. The van der Waals surface area contributed by atoms with Crippen LogP contribution in [0.2, 0.25) is 0 Å². The van der Waals surface area contributed by atoms with Gasteiger partial charge in [0.2, 0.25) is 11.8 Å². The molecule has 3 N–H and O–H groups in total. The molecule has 0 radical (unpaired) electrons. The zero-order valence-corrected chi connectivity index (χ0v) is 20.6. The van der Waals surface area contributed by atoms with Gasteiger partial charge in [-0.2, -0.15) is 0 Å². The van der Waals surface area contributed by atoms with Gasteiger partial charge >= 0.3 is 12.1 Å². The summed E-state index contributed by atoms with van der Waals surface area (Å²) in [4.78, 5) is 49.6. The van der Waals surface area contributed by atoms with Crippen molar-refractivity contribution in [3.05, 3.63) is 35.9 Å². The molecule has 0 saturated carbocycles. The van der Waals surface area contributed by atoms with Gasteiger partial charge in [-0.25, -0.2) is 4.79 Å². The molecule has 1 rings (SSSR count). The summed E-state index contributed by atoms with van der Waals surface area (Å²) in [6.07, 6.45) is -0.733. The van der Waals surface area contributed by atoms with Crippen molar-refractivity contribution in [3.63, 3.8) is 0 Å². The van der Waals surface area contributed by atoms with Gasteiger partial charge in [-0.1, -0.05) is 58.0 Å². The van der Waals surface area contributed by atoms with Crippen molar-refractivity contribution in [1.29, 1.82) is 0 Å². The highest BCUT2D eigenvalue weighted by Gasteiger charge is 2.31. The molecule has 0 bridgehead atoms. The average molecular weight is 464 g/mol. The van der Waals surface area contributed by atoms with Crippen LogP contribution in [-0.2, 0) is 30.5 Å². The van der Waals surface area contributed by atoms with Gasteiger partial charge in [-0.15, -0.1) is 0 Å². The molecule has 9 heteroatoms. The molecule has 184 valence electrons. The predicted octanol–water partition coefficient (Wildman–Crippen LogP) is 2.54. The fourth-order valence-electron chi connectivity index (χ4n) is 2.85. The second kappa shape index (κ2) is 12.8. The average Bonchev–Trinajstić information content (AvgIpc) is 2.71. The van der Waals surface area contributed by atoms with E-state index in [9.17, 15) is 19.2 Å². The van der Waals surface area contributed by atoms with Crippen LogP contribution in [0.4, 0.5) is 4.79 Å². The minimum Gasteiger partial charge on any atom is -0.459 e. The molecule has 0 aliphatic carbocycles. The van der Waals surface area contributed by atoms with Gasteiger partial charge in [-0.05, 0) is 38.2 Å². The van der Waals surface area contributed by atoms with Crippen LogP contribution < -0.4 is 16.0 Å². The van der Waals surface area contributed by atoms with Crippen molar-refractivity contribution in [3.8, 4) is 0 Å². The summed E-state index contributed by atoms with van der Waals surface area (Å²) in [5.41, 5.74) is 0.151. The third-order valence-electron chi connectivity index (χ3n) is 4.51. The molecular formula is C24H37N3O6. The van der Waals surface area contributed by atoms with Crippen LogP contribution in [0.5, 0.6) is 0 Å². The topological polar surface area (TPSA) is 123 Å². The number of rotatable bonds is 10. The van der Waals surface area contributed by atoms with Crippen molar-refractivity contribution in [2.75, 3.05) is 6.54 Å². The van der Waals surface area contributed by atoms with Crippen LogP contribution in [0.15, 0.2) is 30.3 Å². The Kier molecular flexibility index (Phi) is 10.8. The van der Waals surface area contributed by atoms with Gasteiger partial charge in [0.25, 0.3) is 0 Å². The molecule has 0 fully saturated rings. The van der Waals surface area contributed by atoms with Crippen LogP contribution >= 0.6 is 0 Å². The first-order valence-electron chi connectivity index (χ1n) is 11.1. The Morgan fingerprint density at radius 3 is 1.91 bits per heavy atom. The van der Waals surface area contributed by atoms with Crippen molar-refractivity contribution in [2.24, 2.45) is 11.8 Å².